The molecule has 0 fully saturated rings. The molecule has 0 spiro atoms. The molecule has 100 valence electrons. The van der Waals surface area contributed by atoms with E-state index in [2.05, 4.69) is 5.32 Å². The molecule has 5 heteroatoms. The molecule has 4 nitrogen and oxygen atoms in total. The molecule has 0 atom stereocenters. The van der Waals surface area contributed by atoms with Crippen molar-refractivity contribution < 1.29 is 14.6 Å². The van der Waals surface area contributed by atoms with Crippen LogP contribution in [0, 0.1) is 0 Å². The van der Waals surface area contributed by atoms with E-state index in [1.807, 2.05) is 0 Å². The van der Waals surface area contributed by atoms with Gasteiger partial charge in [-0.05, 0) is 30.3 Å². The first-order valence-electron chi connectivity index (χ1n) is 5.68. The number of hydrogen-bond donors (Lipinski definition) is 1. The number of carbonyl (C=O) groups excluding carboxylic acids is 1. The van der Waals surface area contributed by atoms with Crippen molar-refractivity contribution in [3.8, 4) is 0 Å². The summed E-state index contributed by atoms with van der Waals surface area (Å²) in [7, 11) is -3.55. The largest absolute Gasteiger partial charge is 0.326 e. The molecule has 0 radical (unpaired) electrons. The molecule has 0 aliphatic rings. The van der Waals surface area contributed by atoms with Crippen LogP contribution in [0.15, 0.2) is 64.4 Å². The van der Waals surface area contributed by atoms with Gasteiger partial charge in [-0.25, -0.2) is 8.42 Å². The molecule has 0 saturated carbocycles. The predicted molar refractivity (Wildman–Crippen MR) is 74.8 cm³/mol. The highest BCUT2D eigenvalue weighted by Crippen LogP contribution is 2.22. The Kier molecular flexibility index (Phi) is 3.66. The van der Waals surface area contributed by atoms with Crippen molar-refractivity contribution >= 4 is 21.4 Å². The van der Waals surface area contributed by atoms with Crippen molar-refractivity contribution in [3.05, 3.63) is 54.6 Å². The number of amides is 1. The maximum absolute atomic E-state index is 12.4. The normalized spacial score (nSPS) is 11.0. The third kappa shape index (κ3) is 3.00. The highest BCUT2D eigenvalue weighted by Gasteiger charge is 2.17. The predicted octanol–water partition coefficient (Wildman–Crippen LogP) is 2.72. The van der Waals surface area contributed by atoms with Gasteiger partial charge in [0.2, 0.25) is 15.7 Å². The zero-order valence-corrected chi connectivity index (χ0v) is 11.1. The number of sulfone groups is 1. The molecule has 19 heavy (non-hydrogen) atoms. The fourth-order valence-corrected chi connectivity index (χ4v) is 3.01. The van der Waals surface area contributed by atoms with Gasteiger partial charge in [0.05, 0.1) is 9.79 Å². The number of carbonyl (C=O) groups is 1. The maximum Gasteiger partial charge on any atom is 0.221 e. The van der Waals surface area contributed by atoms with E-state index in [0.717, 1.165) is 0 Å². The minimum atomic E-state index is -3.55. The van der Waals surface area contributed by atoms with Crippen LogP contribution in [0.1, 0.15) is 8.35 Å². The Morgan fingerprint density at radius 3 is 2.26 bits per heavy atom. The van der Waals surface area contributed by atoms with Gasteiger partial charge in [-0.15, -0.1) is 0 Å². The smallest absolute Gasteiger partial charge is 0.221 e. The minimum Gasteiger partial charge on any atom is -0.326 e. The van der Waals surface area contributed by atoms with Crippen molar-refractivity contribution in [1.29, 1.82) is 0 Å². The summed E-state index contributed by atoms with van der Waals surface area (Å²) in [6.07, 6.45) is 0. The quantitative estimate of drug-likeness (QED) is 0.938. The number of nitrogens with one attached hydrogen (secondary N) is 1. The van der Waals surface area contributed by atoms with E-state index in [4.69, 9.17) is 0 Å². The van der Waals surface area contributed by atoms with Crippen molar-refractivity contribution in [1.82, 2.24) is 0 Å². The maximum atomic E-state index is 12.4. The van der Waals surface area contributed by atoms with Crippen LogP contribution in [0.2, 0.25) is 0 Å². The van der Waals surface area contributed by atoms with Crippen LogP contribution >= 0.6 is 0 Å². The van der Waals surface area contributed by atoms with Gasteiger partial charge in [-0.2, -0.15) is 0 Å². The Labute approximate surface area is 113 Å². The Morgan fingerprint density at radius 2 is 1.63 bits per heavy atom. The van der Waals surface area contributed by atoms with Gasteiger partial charge in [-0.3, -0.25) is 4.79 Å². The first-order chi connectivity index (χ1) is 9.00. The summed E-state index contributed by atoms with van der Waals surface area (Å²) in [5.74, 6) is -0.241. The van der Waals surface area contributed by atoms with Crippen LogP contribution in [0.5, 0.6) is 0 Å². The van der Waals surface area contributed by atoms with E-state index < -0.39 is 9.84 Å². The van der Waals surface area contributed by atoms with Crippen molar-refractivity contribution in [2.75, 3.05) is 5.32 Å². The molecule has 0 aliphatic carbocycles. The Hall–Kier alpha value is -2.14. The molecule has 0 aliphatic heterocycles. The number of benzene rings is 2. The van der Waals surface area contributed by atoms with E-state index in [1.165, 1.54) is 19.1 Å². The highest BCUT2D eigenvalue weighted by molar-refractivity contribution is 7.91. The van der Waals surface area contributed by atoms with Crippen molar-refractivity contribution in [3.63, 3.8) is 0 Å². The molecule has 0 unspecified atom stereocenters. The van der Waals surface area contributed by atoms with Crippen molar-refractivity contribution in [2.24, 2.45) is 0 Å². The summed E-state index contributed by atoms with van der Waals surface area (Å²) >= 11 is 0. The Morgan fingerprint density at radius 1 is 1.00 bits per heavy atom. The SMILES string of the molecule is CC(=O)Nc1cccc(S(=O)(=O)c2ccccc2)c1.[HH]. The van der Waals surface area contributed by atoms with Gasteiger partial charge >= 0.3 is 0 Å². The van der Waals surface area contributed by atoms with Crippen LogP contribution in [0.4, 0.5) is 5.69 Å². The van der Waals surface area contributed by atoms with E-state index in [0.29, 0.717) is 5.69 Å². The highest BCUT2D eigenvalue weighted by atomic mass is 32.2. The lowest BCUT2D eigenvalue weighted by molar-refractivity contribution is -0.114. The third-order valence-corrected chi connectivity index (χ3v) is 4.29. The van der Waals surface area contributed by atoms with Crippen LogP contribution in [-0.2, 0) is 14.6 Å². The lowest BCUT2D eigenvalue weighted by atomic mass is 10.3. The third-order valence-electron chi connectivity index (χ3n) is 2.52. The molecule has 0 bridgehead atoms. The lowest BCUT2D eigenvalue weighted by Gasteiger charge is -2.07. The van der Waals surface area contributed by atoms with E-state index in [-0.39, 0.29) is 17.1 Å². The zero-order valence-electron chi connectivity index (χ0n) is 10.3. The average Bonchev–Trinajstić information content (AvgIpc) is 2.39. The first kappa shape index (κ1) is 13.3. The lowest BCUT2D eigenvalue weighted by Crippen LogP contribution is -2.07. The molecule has 0 saturated heterocycles. The average molecular weight is 277 g/mol. The summed E-state index contributed by atoms with van der Waals surface area (Å²) < 4.78 is 24.7. The van der Waals surface area contributed by atoms with Crippen LogP contribution in [-0.4, -0.2) is 14.3 Å². The van der Waals surface area contributed by atoms with Gasteiger partial charge in [0.25, 0.3) is 0 Å². The fraction of sp³-hybridized carbons (Fsp3) is 0.0714. The number of anilines is 1. The number of rotatable bonds is 3. The first-order valence-corrected chi connectivity index (χ1v) is 7.16. The molecule has 2 aromatic carbocycles. The summed E-state index contributed by atoms with van der Waals surface area (Å²) in [4.78, 5) is 11.4. The number of hydrogen-bond acceptors (Lipinski definition) is 3. The van der Waals surface area contributed by atoms with Gasteiger partial charge < -0.3 is 5.32 Å². The standard InChI is InChI=1S/C14H13NO3S.H2/c1-11(16)15-12-6-5-9-14(10-12)19(17,18)13-7-3-2-4-8-13;/h2-10H,1H3,(H,15,16);1H. The Balaban J connectivity index is 0.00000200. The molecule has 1 amide bonds. The summed E-state index contributed by atoms with van der Waals surface area (Å²) in [6, 6.07) is 14.4. The van der Waals surface area contributed by atoms with Crippen LogP contribution in [0.25, 0.3) is 0 Å². The van der Waals surface area contributed by atoms with Crippen LogP contribution in [0.3, 0.4) is 0 Å². The zero-order chi connectivity index (χ0) is 13.9. The van der Waals surface area contributed by atoms with E-state index in [9.17, 15) is 13.2 Å². The molecule has 1 N–H and O–H groups in total. The fourth-order valence-electron chi connectivity index (χ4n) is 1.68. The van der Waals surface area contributed by atoms with Crippen molar-refractivity contribution in [2.45, 2.75) is 16.7 Å². The summed E-state index contributed by atoms with van der Waals surface area (Å²) in [6.45, 7) is 1.37. The molecule has 0 aromatic heterocycles. The van der Waals surface area contributed by atoms with Gasteiger partial charge in [0.15, 0.2) is 0 Å². The van der Waals surface area contributed by atoms with Crippen LogP contribution < -0.4 is 5.32 Å². The van der Waals surface area contributed by atoms with Gasteiger partial charge in [-0.1, -0.05) is 24.3 Å². The second kappa shape index (κ2) is 5.24. The van der Waals surface area contributed by atoms with Gasteiger partial charge in [0, 0.05) is 14.0 Å². The molecule has 2 aromatic rings. The second-order valence-corrected chi connectivity index (χ2v) is 5.98. The summed E-state index contributed by atoms with van der Waals surface area (Å²) in [5, 5.41) is 2.57. The van der Waals surface area contributed by atoms with E-state index >= 15 is 0 Å². The molecule has 2 rings (SSSR count). The van der Waals surface area contributed by atoms with Gasteiger partial charge in [0.1, 0.15) is 0 Å². The second-order valence-electron chi connectivity index (χ2n) is 4.03. The minimum absolute atomic E-state index is 0. The topological polar surface area (TPSA) is 63.2 Å². The molecular weight excluding hydrogens is 262 g/mol. The molecular formula is C14H15NO3S. The van der Waals surface area contributed by atoms with E-state index in [1.54, 1.807) is 42.5 Å². The molecule has 0 heterocycles. The summed E-state index contributed by atoms with van der Waals surface area (Å²) in [5.41, 5.74) is 0.463. The Bertz CT molecular complexity index is 699. The monoisotopic (exact) mass is 277 g/mol.